The third kappa shape index (κ3) is 7.79. The van der Waals surface area contributed by atoms with Crippen LogP contribution < -0.4 is 0 Å². The van der Waals surface area contributed by atoms with Crippen molar-refractivity contribution in [3.63, 3.8) is 0 Å². The third-order valence-corrected chi connectivity index (χ3v) is 16.4. The Morgan fingerprint density at radius 1 is 0.842 bits per heavy atom. The van der Waals surface area contributed by atoms with Crippen molar-refractivity contribution < 1.29 is 69.3 Å². The lowest BCUT2D eigenvalue weighted by atomic mass is 9.34. The minimum absolute atomic E-state index is 0.0226. The zero-order valence-corrected chi connectivity index (χ0v) is 35.4. The Balaban J connectivity index is 1.39. The summed E-state index contributed by atoms with van der Waals surface area (Å²) in [6.07, 6.45) is -8.33. The van der Waals surface area contributed by atoms with E-state index < -0.39 is 113 Å². The Hall–Kier alpha value is -1.27. The van der Waals surface area contributed by atoms with Crippen molar-refractivity contribution in [1.29, 1.82) is 0 Å². The van der Waals surface area contributed by atoms with Gasteiger partial charge in [-0.2, -0.15) is 0 Å². The molecule has 6 fully saturated rings. The predicted molar refractivity (Wildman–Crippen MR) is 206 cm³/mol. The van der Waals surface area contributed by atoms with Crippen molar-refractivity contribution in [2.45, 2.75) is 193 Å². The number of rotatable bonds is 10. The smallest absolute Gasteiger partial charge is 0.302 e. The molecular weight excluding hydrogens is 740 g/mol. The van der Waals surface area contributed by atoms with Gasteiger partial charge in [-0.1, -0.05) is 46.3 Å². The summed E-state index contributed by atoms with van der Waals surface area (Å²) < 4.78 is 30.3. The van der Waals surface area contributed by atoms with Gasteiger partial charge in [0.2, 0.25) is 0 Å². The van der Waals surface area contributed by atoms with Crippen LogP contribution in [-0.2, 0) is 28.5 Å². The van der Waals surface area contributed by atoms with Crippen molar-refractivity contribution in [1.82, 2.24) is 0 Å². The van der Waals surface area contributed by atoms with Gasteiger partial charge < -0.3 is 64.5 Å². The maximum atomic E-state index is 12.3. The first-order valence-electron chi connectivity index (χ1n) is 21.2. The van der Waals surface area contributed by atoms with Gasteiger partial charge in [-0.25, -0.2) is 0 Å². The van der Waals surface area contributed by atoms with Crippen LogP contribution in [0, 0.1) is 45.3 Å². The standard InChI is InChI=1S/C43H72O14/c1-21(2)11-10-14-43(9,52)23-12-16-41(7)30(23)24(45)17-28-40(6)15-13-29(47)39(4,5)36(40)26(18-42(28,41)8)55-38-35(57-37-34(51)31(48)25(46)19-54-37)33(50)32(49)27(56-38)20-53-22(3)44/h11,23-38,45-52H,10,12-20H2,1-9H3. The summed E-state index contributed by atoms with van der Waals surface area (Å²) in [7, 11) is 0. The number of allylic oxidation sites excluding steroid dienone is 2. The van der Waals surface area contributed by atoms with Gasteiger partial charge in [-0.15, -0.1) is 0 Å². The molecule has 8 N–H and O–H groups in total. The molecule has 57 heavy (non-hydrogen) atoms. The fourth-order valence-electron chi connectivity index (χ4n) is 13.3. The molecule has 2 aliphatic heterocycles. The zero-order valence-electron chi connectivity index (χ0n) is 35.4. The number of aliphatic hydroxyl groups is 8. The van der Waals surface area contributed by atoms with Crippen molar-refractivity contribution >= 4 is 5.97 Å². The summed E-state index contributed by atoms with van der Waals surface area (Å²) in [5.41, 5.74) is -1.82. The van der Waals surface area contributed by atoms with Crippen LogP contribution in [0.1, 0.15) is 114 Å². The average Bonchev–Trinajstić information content (AvgIpc) is 3.50. The molecule has 0 aromatic carbocycles. The highest BCUT2D eigenvalue weighted by Gasteiger charge is 2.73. The van der Waals surface area contributed by atoms with Gasteiger partial charge in [-0.05, 0) is 117 Å². The lowest BCUT2D eigenvalue weighted by Gasteiger charge is -2.72. The van der Waals surface area contributed by atoms with E-state index in [1.54, 1.807) is 0 Å². The molecule has 4 saturated carbocycles. The quantitative estimate of drug-likeness (QED) is 0.0901. The highest BCUT2D eigenvalue weighted by Crippen LogP contribution is 2.76. The van der Waals surface area contributed by atoms with Gasteiger partial charge in [0.05, 0.1) is 30.5 Å². The first kappa shape index (κ1) is 45.3. The van der Waals surface area contributed by atoms with E-state index in [0.29, 0.717) is 32.1 Å². The first-order chi connectivity index (χ1) is 26.4. The molecule has 0 radical (unpaired) electrons. The number of esters is 1. The van der Waals surface area contributed by atoms with E-state index in [2.05, 4.69) is 26.8 Å². The Morgan fingerprint density at radius 2 is 1.53 bits per heavy atom. The van der Waals surface area contributed by atoms with E-state index in [1.807, 2.05) is 34.6 Å². The molecule has 6 rings (SSSR count). The average molecular weight is 813 g/mol. The Bertz CT molecular complexity index is 1470. The Morgan fingerprint density at radius 3 is 2.18 bits per heavy atom. The van der Waals surface area contributed by atoms with Crippen molar-refractivity contribution in [2.75, 3.05) is 13.2 Å². The molecule has 0 spiro atoms. The van der Waals surface area contributed by atoms with Gasteiger partial charge in [0.15, 0.2) is 12.6 Å². The molecule has 0 amide bonds. The van der Waals surface area contributed by atoms with E-state index in [-0.39, 0.29) is 30.3 Å². The minimum Gasteiger partial charge on any atom is -0.463 e. The second-order valence-corrected chi connectivity index (χ2v) is 20.5. The minimum atomic E-state index is -1.71. The Kier molecular flexibility index (Phi) is 12.9. The largest absolute Gasteiger partial charge is 0.463 e. The SMILES string of the molecule is CC(=O)OCC1OC(OC2CC3(C)C(CC(O)C4C(C(C)(O)CCC=C(C)C)CCC43C)C3(C)CCC(O)C(C)(C)C23)C(OC2OCC(O)C(O)C2O)C(O)C1O. The van der Waals surface area contributed by atoms with Crippen LogP contribution in [0.3, 0.4) is 0 Å². The molecule has 4 aliphatic carbocycles. The zero-order chi connectivity index (χ0) is 42.2. The third-order valence-electron chi connectivity index (χ3n) is 16.4. The fraction of sp³-hybridized carbons (Fsp3) is 0.930. The van der Waals surface area contributed by atoms with Crippen LogP contribution in [0.5, 0.6) is 0 Å². The molecule has 20 unspecified atom stereocenters. The number of ether oxygens (including phenoxy) is 5. The molecule has 2 heterocycles. The van der Waals surface area contributed by atoms with Crippen LogP contribution in [0.4, 0.5) is 0 Å². The summed E-state index contributed by atoms with van der Waals surface area (Å²) in [5.74, 6) is -1.21. The van der Waals surface area contributed by atoms with Gasteiger partial charge in [-0.3, -0.25) is 4.79 Å². The second kappa shape index (κ2) is 16.2. The Labute approximate surface area is 337 Å². The van der Waals surface area contributed by atoms with E-state index in [4.69, 9.17) is 23.7 Å². The number of carbonyl (C=O) groups excluding carboxylic acids is 1. The van der Waals surface area contributed by atoms with Crippen molar-refractivity contribution in [3.05, 3.63) is 11.6 Å². The van der Waals surface area contributed by atoms with E-state index in [9.17, 15) is 45.6 Å². The van der Waals surface area contributed by atoms with E-state index >= 15 is 0 Å². The molecular formula is C43H72O14. The summed E-state index contributed by atoms with van der Waals surface area (Å²) in [5, 5.41) is 90.2. The topological polar surface area (TPSA) is 225 Å². The second-order valence-electron chi connectivity index (χ2n) is 20.5. The van der Waals surface area contributed by atoms with Crippen LogP contribution in [-0.4, -0.2) is 139 Å². The number of hydrogen-bond donors (Lipinski definition) is 8. The molecule has 20 atom stereocenters. The molecule has 0 bridgehead atoms. The molecule has 328 valence electrons. The summed E-state index contributed by atoms with van der Waals surface area (Å²) in [6.45, 7) is 17.4. The van der Waals surface area contributed by atoms with Crippen molar-refractivity contribution in [3.8, 4) is 0 Å². The fourth-order valence-corrected chi connectivity index (χ4v) is 13.3. The van der Waals surface area contributed by atoms with Crippen LogP contribution in [0.15, 0.2) is 11.6 Å². The summed E-state index contributed by atoms with van der Waals surface area (Å²) in [6, 6.07) is 0. The van der Waals surface area contributed by atoms with Crippen LogP contribution >= 0.6 is 0 Å². The summed E-state index contributed by atoms with van der Waals surface area (Å²) in [4.78, 5) is 11.8. The van der Waals surface area contributed by atoms with Crippen LogP contribution in [0.25, 0.3) is 0 Å². The van der Waals surface area contributed by atoms with Crippen molar-refractivity contribution in [2.24, 2.45) is 45.3 Å². The van der Waals surface area contributed by atoms with E-state index in [1.165, 1.54) is 12.5 Å². The first-order valence-corrected chi connectivity index (χ1v) is 21.2. The maximum absolute atomic E-state index is 12.3. The van der Waals surface area contributed by atoms with Gasteiger partial charge in [0.1, 0.15) is 49.3 Å². The molecule has 0 aromatic rings. The number of aliphatic hydroxyl groups excluding tert-OH is 7. The highest BCUT2D eigenvalue weighted by molar-refractivity contribution is 5.65. The van der Waals surface area contributed by atoms with E-state index in [0.717, 1.165) is 19.3 Å². The monoisotopic (exact) mass is 812 g/mol. The molecule has 14 heteroatoms. The molecule has 0 aromatic heterocycles. The number of carbonyl (C=O) groups is 1. The lowest BCUT2D eigenvalue weighted by molar-refractivity contribution is -0.377. The molecule has 2 saturated heterocycles. The van der Waals surface area contributed by atoms with Crippen LogP contribution in [0.2, 0.25) is 0 Å². The number of hydrogen-bond acceptors (Lipinski definition) is 14. The van der Waals surface area contributed by atoms with Gasteiger partial charge in [0, 0.05) is 6.92 Å². The highest BCUT2D eigenvalue weighted by atomic mass is 16.8. The lowest BCUT2D eigenvalue weighted by Crippen LogP contribution is -2.71. The number of fused-ring (bicyclic) bond motifs is 5. The normalized spacial score (nSPS) is 50.5. The maximum Gasteiger partial charge on any atom is 0.302 e. The van der Waals surface area contributed by atoms with Gasteiger partial charge >= 0.3 is 5.97 Å². The summed E-state index contributed by atoms with van der Waals surface area (Å²) >= 11 is 0. The molecule has 6 aliphatic rings. The molecule has 14 nitrogen and oxygen atoms in total. The predicted octanol–water partition coefficient (Wildman–Crippen LogP) is 2.33. The van der Waals surface area contributed by atoms with Gasteiger partial charge in [0.25, 0.3) is 0 Å².